The Balaban J connectivity index is 1.31. The second kappa shape index (κ2) is 14.5. The summed E-state index contributed by atoms with van der Waals surface area (Å²) in [5.41, 5.74) is 3.81. The zero-order valence-electron chi connectivity index (χ0n) is 28.2. The van der Waals surface area contributed by atoms with Gasteiger partial charge in [-0.15, -0.1) is 0 Å². The standard InChI is InChI=1S/C37H54N4O5/c1-23-30-19-29(37(30,3)4)20-31(23)39-35(45)34(33(24(2)43)32(44)22-42)38-21-25-9-6-10-26(17-25)27-11-7-12-28(18-27)36(46)41-14-8-13-40(5)15-16-41/h6-7,9-12,17-18,23-24,29-34,38,42-44H,8,13-16,19-22H2,1-5H3,(H,39,45)/p+1/t23-,24-,29+,30-,31-,32-,33?,34?/m0/s1. The van der Waals surface area contributed by atoms with E-state index in [9.17, 15) is 19.8 Å². The normalized spacial score (nSPS) is 27.1. The predicted molar refractivity (Wildman–Crippen MR) is 181 cm³/mol. The molecule has 2 aromatic carbocycles. The van der Waals surface area contributed by atoms with Crippen molar-refractivity contribution < 1.29 is 24.9 Å². The number of carbonyl (C=O) groups is 2. The highest BCUT2D eigenvalue weighted by Crippen LogP contribution is 2.61. The summed E-state index contributed by atoms with van der Waals surface area (Å²) in [5.74, 6) is 0.532. The van der Waals surface area contributed by atoms with Crippen molar-refractivity contribution in [1.29, 1.82) is 0 Å². The van der Waals surface area contributed by atoms with E-state index in [1.54, 1.807) is 6.92 Å². The van der Waals surface area contributed by atoms with Crippen molar-refractivity contribution in [3.63, 3.8) is 0 Å². The van der Waals surface area contributed by atoms with E-state index >= 15 is 0 Å². The third-order valence-electron chi connectivity index (χ3n) is 11.5. The first-order chi connectivity index (χ1) is 21.9. The number of fused-ring (bicyclic) bond motifs is 2. The molecule has 2 bridgehead atoms. The molecule has 0 aromatic heterocycles. The Hall–Kier alpha value is -2.82. The van der Waals surface area contributed by atoms with Crippen LogP contribution in [0.15, 0.2) is 48.5 Å². The van der Waals surface area contributed by atoms with Gasteiger partial charge in [-0.25, -0.2) is 0 Å². The van der Waals surface area contributed by atoms with Crippen molar-refractivity contribution in [2.24, 2.45) is 29.1 Å². The van der Waals surface area contributed by atoms with Crippen LogP contribution in [0.4, 0.5) is 0 Å². The molecule has 9 heteroatoms. The van der Waals surface area contributed by atoms with Crippen LogP contribution in [0.25, 0.3) is 11.1 Å². The number of aliphatic hydroxyl groups excluding tert-OH is 2. The second-order valence-electron chi connectivity index (χ2n) is 14.8. The van der Waals surface area contributed by atoms with Gasteiger partial charge in [-0.2, -0.15) is 0 Å². The Labute approximate surface area is 274 Å². The smallest absolute Gasteiger partial charge is 0.253 e. The molecule has 6 N–H and O–H groups in total. The number of amides is 2. The molecule has 46 heavy (non-hydrogen) atoms. The molecule has 8 atom stereocenters. The zero-order valence-corrected chi connectivity index (χ0v) is 28.2. The first kappa shape index (κ1) is 34.5. The topological polar surface area (TPSA) is 128 Å². The maximum atomic E-state index is 13.9. The summed E-state index contributed by atoms with van der Waals surface area (Å²) < 4.78 is 0. The Bertz CT molecular complexity index is 1360. The molecule has 0 radical (unpaired) electrons. The Morgan fingerprint density at radius 3 is 2.43 bits per heavy atom. The van der Waals surface area contributed by atoms with Crippen molar-refractivity contribution in [2.75, 3.05) is 39.8 Å². The molecule has 2 unspecified atom stereocenters. The Morgan fingerprint density at radius 2 is 1.76 bits per heavy atom. The van der Waals surface area contributed by atoms with Crippen LogP contribution in [-0.2, 0) is 11.3 Å². The fourth-order valence-corrected chi connectivity index (χ4v) is 8.34. The molecule has 4 aliphatic rings. The SMILES string of the molecule is C[C@@H]1[C@@H](NC(=O)C(NCc2cccc(-c3cccc(C(=O)N4CCCN(C)CC4)c3)c2)C([C@H](C)O)[C@@H]([OH2+])CO)C[C@H]2C[C@@H]1C2(C)C. The predicted octanol–water partition coefficient (Wildman–Crippen LogP) is 2.86. The third kappa shape index (κ3) is 7.34. The van der Waals surface area contributed by atoms with Gasteiger partial charge < -0.3 is 35.8 Å². The molecule has 3 aliphatic carbocycles. The molecule has 1 aliphatic heterocycles. The second-order valence-corrected chi connectivity index (χ2v) is 14.8. The number of aliphatic hydroxyl groups is 2. The van der Waals surface area contributed by atoms with E-state index < -0.39 is 30.8 Å². The van der Waals surface area contributed by atoms with Gasteiger partial charge in [0, 0.05) is 37.8 Å². The van der Waals surface area contributed by atoms with E-state index in [0.29, 0.717) is 35.3 Å². The van der Waals surface area contributed by atoms with E-state index in [1.165, 1.54) is 6.42 Å². The number of hydrogen-bond donors (Lipinski definition) is 4. The number of rotatable bonds is 11. The highest BCUT2D eigenvalue weighted by molar-refractivity contribution is 5.95. The van der Waals surface area contributed by atoms with Crippen LogP contribution < -0.4 is 10.6 Å². The van der Waals surface area contributed by atoms with Crippen LogP contribution in [0.1, 0.15) is 62.9 Å². The van der Waals surface area contributed by atoms with Crippen LogP contribution in [0.2, 0.25) is 0 Å². The Morgan fingerprint density at radius 1 is 1.04 bits per heavy atom. The average molecular weight is 636 g/mol. The largest absolute Gasteiger partial charge is 0.441 e. The first-order valence-corrected chi connectivity index (χ1v) is 17.1. The number of nitrogens with zero attached hydrogens (tertiary/aromatic N) is 2. The first-order valence-electron chi connectivity index (χ1n) is 17.1. The minimum Gasteiger partial charge on any atom is -0.441 e. The van der Waals surface area contributed by atoms with E-state index in [4.69, 9.17) is 5.11 Å². The van der Waals surface area contributed by atoms with Gasteiger partial charge in [-0.1, -0.05) is 51.1 Å². The lowest BCUT2D eigenvalue weighted by molar-refractivity contribution is -0.139. The van der Waals surface area contributed by atoms with Crippen LogP contribution in [0.5, 0.6) is 0 Å². The summed E-state index contributed by atoms with van der Waals surface area (Å²) in [6, 6.07) is 15.0. The quantitative estimate of drug-likeness (QED) is 0.281. The molecule has 252 valence electrons. The maximum absolute atomic E-state index is 13.9. The zero-order chi connectivity index (χ0) is 33.2. The summed E-state index contributed by atoms with van der Waals surface area (Å²) in [6.45, 7) is 11.7. The van der Waals surface area contributed by atoms with Crippen molar-refractivity contribution >= 4 is 11.8 Å². The molecule has 2 amide bonds. The number of nitrogens with one attached hydrogen (secondary N) is 2. The van der Waals surface area contributed by atoms with Gasteiger partial charge in [0.05, 0.1) is 12.0 Å². The van der Waals surface area contributed by atoms with Gasteiger partial charge >= 0.3 is 0 Å². The lowest BCUT2D eigenvalue weighted by Crippen LogP contribution is -2.63. The molecule has 0 spiro atoms. The van der Waals surface area contributed by atoms with Crippen molar-refractivity contribution in [1.82, 2.24) is 20.4 Å². The van der Waals surface area contributed by atoms with Crippen molar-refractivity contribution in [3.05, 3.63) is 59.7 Å². The van der Waals surface area contributed by atoms with E-state index in [1.807, 2.05) is 53.4 Å². The van der Waals surface area contributed by atoms with Gasteiger partial charge in [0.1, 0.15) is 12.6 Å². The molecule has 4 fully saturated rings. The van der Waals surface area contributed by atoms with Gasteiger partial charge in [0.25, 0.3) is 5.91 Å². The van der Waals surface area contributed by atoms with Crippen LogP contribution in [0.3, 0.4) is 0 Å². The highest BCUT2D eigenvalue weighted by Gasteiger charge is 2.56. The number of hydrogen-bond acceptors (Lipinski definition) is 6. The molecular weight excluding hydrogens is 580 g/mol. The molecule has 1 saturated heterocycles. The van der Waals surface area contributed by atoms with E-state index in [0.717, 1.165) is 55.7 Å². The fraction of sp³-hybridized carbons (Fsp3) is 0.622. The van der Waals surface area contributed by atoms with E-state index in [-0.39, 0.29) is 17.9 Å². The molecule has 2 aromatic rings. The summed E-state index contributed by atoms with van der Waals surface area (Å²) in [5, 5.41) is 35.7. The molecule has 1 heterocycles. The third-order valence-corrected chi connectivity index (χ3v) is 11.5. The minimum atomic E-state index is -1.02. The Kier molecular flexibility index (Phi) is 10.9. The number of carbonyl (C=O) groups excluding carboxylic acids is 2. The van der Waals surface area contributed by atoms with Gasteiger partial charge in [-0.05, 0) is 97.8 Å². The van der Waals surface area contributed by atoms with Crippen molar-refractivity contribution in [3.8, 4) is 11.1 Å². The number of benzene rings is 2. The summed E-state index contributed by atoms with van der Waals surface area (Å²) in [4.78, 5) is 31.5. The van der Waals surface area contributed by atoms with Crippen LogP contribution in [-0.4, -0.2) is 101 Å². The fourth-order valence-electron chi connectivity index (χ4n) is 8.34. The number of likely N-dealkylation sites (N-methyl/N-ethyl adjacent to an activating group) is 1. The van der Waals surface area contributed by atoms with Crippen molar-refractivity contribution in [2.45, 2.75) is 77.8 Å². The summed E-state index contributed by atoms with van der Waals surface area (Å²) in [7, 11) is 2.09. The summed E-state index contributed by atoms with van der Waals surface area (Å²) in [6.07, 6.45) is 1.12. The van der Waals surface area contributed by atoms with E-state index in [2.05, 4.69) is 43.4 Å². The lowest BCUT2D eigenvalue weighted by Gasteiger charge is -2.62. The van der Waals surface area contributed by atoms with Gasteiger partial charge in [0.15, 0.2) is 6.10 Å². The maximum Gasteiger partial charge on any atom is 0.253 e. The average Bonchev–Trinajstić information content (AvgIpc) is 3.27. The lowest BCUT2D eigenvalue weighted by atomic mass is 9.45. The molecule has 9 nitrogen and oxygen atoms in total. The molecule has 3 saturated carbocycles. The molecular formula is C37H55N4O5+. The monoisotopic (exact) mass is 635 g/mol. The molecule has 6 rings (SSSR count). The van der Waals surface area contributed by atoms with Crippen LogP contribution >= 0.6 is 0 Å². The van der Waals surface area contributed by atoms with Gasteiger partial charge in [0.2, 0.25) is 5.91 Å². The van der Waals surface area contributed by atoms with Gasteiger partial charge in [-0.3, -0.25) is 9.59 Å². The highest BCUT2D eigenvalue weighted by atomic mass is 16.3. The minimum absolute atomic E-state index is 0.0509. The van der Waals surface area contributed by atoms with Crippen LogP contribution in [0, 0.1) is 29.1 Å². The summed E-state index contributed by atoms with van der Waals surface area (Å²) >= 11 is 0.